The molecule has 1 aromatic carbocycles. The highest BCUT2D eigenvalue weighted by Crippen LogP contribution is 2.20. The lowest BCUT2D eigenvalue weighted by Gasteiger charge is -2.15. The number of imidazole rings is 1. The van der Waals surface area contributed by atoms with Crippen molar-refractivity contribution in [1.82, 2.24) is 19.5 Å². The number of rotatable bonds is 4. The number of hydrogen-bond acceptors (Lipinski definition) is 5. The van der Waals surface area contributed by atoms with Crippen LogP contribution in [-0.4, -0.2) is 19.5 Å². The minimum absolute atomic E-state index is 0.186. The number of aromatic nitrogens is 4. The van der Waals surface area contributed by atoms with Crippen LogP contribution in [0.2, 0.25) is 0 Å². The number of anilines is 1. The van der Waals surface area contributed by atoms with Crippen LogP contribution in [0.1, 0.15) is 18.7 Å². The van der Waals surface area contributed by atoms with Crippen molar-refractivity contribution in [1.29, 1.82) is 0 Å². The smallest absolute Gasteiger partial charge is 0.167 e. The molecule has 0 aliphatic rings. The fourth-order valence-corrected chi connectivity index (χ4v) is 2.01. The summed E-state index contributed by atoms with van der Waals surface area (Å²) in [6, 6.07) is 10.0. The zero-order valence-electron chi connectivity index (χ0n) is 11.1. The molecule has 0 fully saturated rings. The molecule has 0 bridgehead atoms. The maximum Gasteiger partial charge on any atom is 0.167 e. The number of nitrogen functional groups attached to an aromatic ring is 1. The van der Waals surface area contributed by atoms with Crippen LogP contribution >= 0.6 is 0 Å². The van der Waals surface area contributed by atoms with Gasteiger partial charge in [0.15, 0.2) is 11.5 Å². The second kappa shape index (κ2) is 5.26. The van der Waals surface area contributed by atoms with Crippen molar-refractivity contribution in [3.8, 4) is 0 Å². The van der Waals surface area contributed by atoms with E-state index in [1.807, 2.05) is 41.8 Å². The molecule has 0 radical (unpaired) electrons. The zero-order valence-corrected chi connectivity index (χ0v) is 11.1. The van der Waals surface area contributed by atoms with Gasteiger partial charge in [-0.15, -0.1) is 0 Å². The van der Waals surface area contributed by atoms with Crippen LogP contribution in [-0.2, 0) is 11.3 Å². The monoisotopic (exact) mass is 269 g/mol. The molecule has 0 saturated heterocycles. The second-order valence-corrected chi connectivity index (χ2v) is 4.48. The van der Waals surface area contributed by atoms with Gasteiger partial charge in [0.2, 0.25) is 0 Å². The summed E-state index contributed by atoms with van der Waals surface area (Å²) in [6.07, 6.45) is 2.92. The average molecular weight is 269 g/mol. The summed E-state index contributed by atoms with van der Waals surface area (Å²) in [5, 5.41) is 0. The lowest BCUT2D eigenvalue weighted by molar-refractivity contribution is 0.00634. The lowest BCUT2D eigenvalue weighted by atomic mass is 10.2. The van der Waals surface area contributed by atoms with E-state index in [2.05, 4.69) is 15.0 Å². The van der Waals surface area contributed by atoms with Crippen LogP contribution in [0, 0.1) is 0 Å². The van der Waals surface area contributed by atoms with Gasteiger partial charge in [0, 0.05) is 0 Å². The summed E-state index contributed by atoms with van der Waals surface area (Å²) in [4.78, 5) is 12.4. The van der Waals surface area contributed by atoms with Gasteiger partial charge in [-0.2, -0.15) is 0 Å². The molecule has 0 amide bonds. The van der Waals surface area contributed by atoms with Crippen molar-refractivity contribution < 1.29 is 4.74 Å². The van der Waals surface area contributed by atoms with Crippen molar-refractivity contribution in [2.24, 2.45) is 0 Å². The van der Waals surface area contributed by atoms with Gasteiger partial charge in [-0.25, -0.2) is 15.0 Å². The number of fused-ring (bicyclic) bond motifs is 1. The SMILES string of the molecule is C[C@H](OCc1ccccc1)n1cnc2c(N)ncnc21. The Morgan fingerprint density at radius 3 is 2.80 bits per heavy atom. The highest BCUT2D eigenvalue weighted by molar-refractivity contribution is 5.81. The molecule has 3 aromatic rings. The fourth-order valence-electron chi connectivity index (χ4n) is 2.01. The van der Waals surface area contributed by atoms with Gasteiger partial charge in [-0.05, 0) is 12.5 Å². The highest BCUT2D eigenvalue weighted by atomic mass is 16.5. The Kier molecular flexibility index (Phi) is 3.30. The summed E-state index contributed by atoms with van der Waals surface area (Å²) in [6.45, 7) is 2.48. The van der Waals surface area contributed by atoms with Crippen molar-refractivity contribution in [3.05, 3.63) is 48.5 Å². The van der Waals surface area contributed by atoms with E-state index in [0.717, 1.165) is 5.56 Å². The molecule has 102 valence electrons. The molecular formula is C14H15N5O. The summed E-state index contributed by atoms with van der Waals surface area (Å²) in [5.41, 5.74) is 8.17. The van der Waals surface area contributed by atoms with Gasteiger partial charge in [0.05, 0.1) is 12.9 Å². The van der Waals surface area contributed by atoms with E-state index in [9.17, 15) is 0 Å². The van der Waals surface area contributed by atoms with E-state index in [1.54, 1.807) is 6.33 Å². The number of ether oxygens (including phenoxy) is 1. The molecule has 0 aliphatic heterocycles. The number of benzene rings is 1. The molecule has 2 heterocycles. The van der Waals surface area contributed by atoms with Crippen LogP contribution in [0.3, 0.4) is 0 Å². The molecule has 0 unspecified atom stereocenters. The molecule has 0 aliphatic carbocycles. The van der Waals surface area contributed by atoms with E-state index in [0.29, 0.717) is 23.6 Å². The third-order valence-corrected chi connectivity index (χ3v) is 3.11. The molecule has 0 saturated carbocycles. The maximum atomic E-state index is 5.84. The quantitative estimate of drug-likeness (QED) is 0.785. The predicted octanol–water partition coefficient (Wildman–Crippen LogP) is 2.14. The van der Waals surface area contributed by atoms with Gasteiger partial charge in [0.1, 0.15) is 18.1 Å². The molecule has 3 rings (SSSR count). The first kappa shape index (κ1) is 12.6. The highest BCUT2D eigenvalue weighted by Gasteiger charge is 2.12. The molecule has 6 nitrogen and oxygen atoms in total. The van der Waals surface area contributed by atoms with Crippen LogP contribution in [0.25, 0.3) is 11.2 Å². The Morgan fingerprint density at radius 1 is 1.20 bits per heavy atom. The Bertz CT molecular complexity index is 710. The van der Waals surface area contributed by atoms with Crippen molar-refractivity contribution in [2.75, 3.05) is 5.73 Å². The van der Waals surface area contributed by atoms with Gasteiger partial charge >= 0.3 is 0 Å². The molecule has 6 heteroatoms. The topological polar surface area (TPSA) is 78.9 Å². The fraction of sp³-hybridized carbons (Fsp3) is 0.214. The van der Waals surface area contributed by atoms with E-state index in [4.69, 9.17) is 10.5 Å². The van der Waals surface area contributed by atoms with E-state index in [-0.39, 0.29) is 6.23 Å². The summed E-state index contributed by atoms with van der Waals surface area (Å²) >= 11 is 0. The molecule has 2 N–H and O–H groups in total. The van der Waals surface area contributed by atoms with Crippen molar-refractivity contribution in [3.63, 3.8) is 0 Å². The van der Waals surface area contributed by atoms with E-state index in [1.165, 1.54) is 6.33 Å². The predicted molar refractivity (Wildman–Crippen MR) is 75.7 cm³/mol. The second-order valence-electron chi connectivity index (χ2n) is 4.48. The molecule has 2 aromatic heterocycles. The van der Waals surface area contributed by atoms with Crippen LogP contribution < -0.4 is 5.73 Å². The van der Waals surface area contributed by atoms with E-state index < -0.39 is 0 Å². The maximum absolute atomic E-state index is 5.84. The third-order valence-electron chi connectivity index (χ3n) is 3.11. The van der Waals surface area contributed by atoms with Gasteiger partial charge < -0.3 is 10.5 Å². The summed E-state index contributed by atoms with van der Waals surface area (Å²) < 4.78 is 7.69. The molecular weight excluding hydrogens is 254 g/mol. The van der Waals surface area contributed by atoms with Crippen LogP contribution in [0.5, 0.6) is 0 Å². The van der Waals surface area contributed by atoms with Crippen LogP contribution in [0.4, 0.5) is 5.82 Å². The van der Waals surface area contributed by atoms with Crippen LogP contribution in [0.15, 0.2) is 43.0 Å². The Hall–Kier alpha value is -2.47. The zero-order chi connectivity index (χ0) is 13.9. The van der Waals surface area contributed by atoms with Crippen molar-refractivity contribution >= 4 is 17.0 Å². The normalized spacial score (nSPS) is 12.7. The van der Waals surface area contributed by atoms with Gasteiger partial charge in [0.25, 0.3) is 0 Å². The number of nitrogens with two attached hydrogens (primary N) is 1. The average Bonchev–Trinajstić information content (AvgIpc) is 2.91. The van der Waals surface area contributed by atoms with Crippen molar-refractivity contribution in [2.45, 2.75) is 19.8 Å². The summed E-state index contributed by atoms with van der Waals surface area (Å²) in [7, 11) is 0. The van der Waals surface area contributed by atoms with Gasteiger partial charge in [-0.3, -0.25) is 4.57 Å². The Labute approximate surface area is 116 Å². The first-order valence-electron chi connectivity index (χ1n) is 6.34. The first-order chi connectivity index (χ1) is 9.75. The Morgan fingerprint density at radius 2 is 2.00 bits per heavy atom. The molecule has 0 spiro atoms. The standard InChI is InChI=1S/C14H15N5O/c1-10(20-7-11-5-3-2-4-6-11)19-9-18-12-13(15)16-8-17-14(12)19/h2-6,8-10H,7H2,1H3,(H2,15,16,17)/t10-/m0/s1. The largest absolute Gasteiger partial charge is 0.382 e. The molecule has 1 atom stereocenters. The Balaban J connectivity index is 1.79. The molecule has 20 heavy (non-hydrogen) atoms. The third kappa shape index (κ3) is 2.33. The van der Waals surface area contributed by atoms with E-state index >= 15 is 0 Å². The minimum atomic E-state index is -0.186. The van der Waals surface area contributed by atoms with Gasteiger partial charge in [-0.1, -0.05) is 30.3 Å². The summed E-state index contributed by atoms with van der Waals surface area (Å²) in [5.74, 6) is 0.379. The minimum Gasteiger partial charge on any atom is -0.382 e. The number of nitrogens with zero attached hydrogens (tertiary/aromatic N) is 4. The lowest BCUT2D eigenvalue weighted by Crippen LogP contribution is -2.09. The number of hydrogen-bond donors (Lipinski definition) is 1. The first-order valence-corrected chi connectivity index (χ1v) is 6.34.